The van der Waals surface area contributed by atoms with E-state index in [0.29, 0.717) is 17.5 Å². The topological polar surface area (TPSA) is 57.4 Å². The maximum atomic E-state index is 5.70. The first-order valence-corrected chi connectivity index (χ1v) is 8.16. The van der Waals surface area contributed by atoms with Crippen LogP contribution < -0.4 is 9.47 Å². The molecular weight excluding hydrogens is 316 g/mol. The zero-order valence-electron chi connectivity index (χ0n) is 14.9. The quantitative estimate of drug-likeness (QED) is 0.679. The van der Waals surface area contributed by atoms with Crippen LogP contribution in [0.1, 0.15) is 32.2 Å². The van der Waals surface area contributed by atoms with E-state index < -0.39 is 0 Å². The Morgan fingerprint density at radius 3 is 2.36 bits per heavy atom. The summed E-state index contributed by atoms with van der Waals surface area (Å²) < 4.78 is 16.5. The van der Waals surface area contributed by atoms with Crippen molar-refractivity contribution >= 4 is 0 Å². The molecule has 0 aliphatic rings. The van der Waals surface area contributed by atoms with Gasteiger partial charge in [-0.3, -0.25) is 0 Å². The fourth-order valence-electron chi connectivity index (χ4n) is 2.38. The van der Waals surface area contributed by atoms with Gasteiger partial charge in [-0.1, -0.05) is 39.0 Å². The number of nitrogens with zero attached hydrogens (tertiary/aromatic N) is 2. The molecule has 0 unspecified atom stereocenters. The van der Waals surface area contributed by atoms with E-state index in [2.05, 4.69) is 43.1 Å². The Bertz CT molecular complexity index is 833. The van der Waals surface area contributed by atoms with Gasteiger partial charge in [0.05, 0.1) is 7.11 Å². The smallest absolute Gasteiger partial charge is 0.254 e. The Labute approximate surface area is 147 Å². The summed E-state index contributed by atoms with van der Waals surface area (Å²) in [5, 5.41) is 8.15. The lowest BCUT2D eigenvalue weighted by Gasteiger charge is -2.18. The molecule has 0 N–H and O–H groups in total. The highest BCUT2D eigenvalue weighted by molar-refractivity contribution is 5.53. The van der Waals surface area contributed by atoms with Gasteiger partial charge in [-0.15, -0.1) is 10.2 Å². The summed E-state index contributed by atoms with van der Waals surface area (Å²) in [6.45, 7) is 6.76. The number of methoxy groups -OCH3 is 1. The van der Waals surface area contributed by atoms with Crippen molar-refractivity contribution in [3.8, 4) is 23.0 Å². The van der Waals surface area contributed by atoms with Crippen molar-refractivity contribution in [3.63, 3.8) is 0 Å². The second-order valence-electron chi connectivity index (χ2n) is 6.80. The standard InChI is InChI=1S/C20H22N2O3/c1-20(2,3)15-10-8-14(9-11-15)19-22-21-18(25-19)13-24-17-7-5-6-16(12-17)23-4/h5-12H,13H2,1-4H3. The first kappa shape index (κ1) is 17.0. The lowest BCUT2D eigenvalue weighted by Crippen LogP contribution is -2.10. The van der Waals surface area contributed by atoms with E-state index in [1.165, 1.54) is 5.56 Å². The molecule has 5 heteroatoms. The SMILES string of the molecule is COc1cccc(OCc2nnc(-c3ccc(C(C)(C)C)cc3)o2)c1. The molecule has 0 saturated heterocycles. The molecule has 1 heterocycles. The van der Waals surface area contributed by atoms with Gasteiger partial charge >= 0.3 is 0 Å². The van der Waals surface area contributed by atoms with Crippen LogP contribution in [-0.2, 0) is 12.0 Å². The predicted molar refractivity (Wildman–Crippen MR) is 95.8 cm³/mol. The number of rotatable bonds is 5. The van der Waals surface area contributed by atoms with Crippen LogP contribution >= 0.6 is 0 Å². The van der Waals surface area contributed by atoms with Gasteiger partial charge in [-0.25, -0.2) is 0 Å². The summed E-state index contributed by atoms with van der Waals surface area (Å²) >= 11 is 0. The maximum absolute atomic E-state index is 5.70. The van der Waals surface area contributed by atoms with Gasteiger partial charge < -0.3 is 13.9 Å². The molecule has 3 rings (SSSR count). The summed E-state index contributed by atoms with van der Waals surface area (Å²) in [6, 6.07) is 15.6. The van der Waals surface area contributed by atoms with Gasteiger partial charge in [0.15, 0.2) is 6.61 Å². The molecule has 0 aliphatic heterocycles. The fourth-order valence-corrected chi connectivity index (χ4v) is 2.38. The lowest BCUT2D eigenvalue weighted by atomic mass is 9.87. The molecule has 0 fully saturated rings. The van der Waals surface area contributed by atoms with Gasteiger partial charge in [0.25, 0.3) is 5.89 Å². The van der Waals surface area contributed by atoms with E-state index >= 15 is 0 Å². The number of benzene rings is 2. The Morgan fingerprint density at radius 2 is 1.68 bits per heavy atom. The molecule has 3 aromatic rings. The van der Waals surface area contributed by atoms with Crippen molar-refractivity contribution in [2.24, 2.45) is 0 Å². The number of hydrogen-bond donors (Lipinski definition) is 0. The molecule has 130 valence electrons. The van der Waals surface area contributed by atoms with Crippen molar-refractivity contribution in [3.05, 3.63) is 60.0 Å². The van der Waals surface area contributed by atoms with Crippen LogP contribution in [0.15, 0.2) is 52.9 Å². The Balaban J connectivity index is 1.68. The Hall–Kier alpha value is -2.82. The minimum absolute atomic E-state index is 0.114. The maximum Gasteiger partial charge on any atom is 0.254 e. The largest absolute Gasteiger partial charge is 0.497 e. The van der Waals surface area contributed by atoms with Crippen LogP contribution in [0.3, 0.4) is 0 Å². The van der Waals surface area contributed by atoms with Crippen LogP contribution in [0.25, 0.3) is 11.5 Å². The molecule has 0 radical (unpaired) electrons. The minimum atomic E-state index is 0.114. The predicted octanol–water partition coefficient (Wildman–Crippen LogP) is 4.62. The minimum Gasteiger partial charge on any atom is -0.497 e. The van der Waals surface area contributed by atoms with Crippen molar-refractivity contribution in [1.82, 2.24) is 10.2 Å². The number of ether oxygens (including phenoxy) is 2. The highest BCUT2D eigenvalue weighted by Gasteiger charge is 2.15. The first-order valence-electron chi connectivity index (χ1n) is 8.16. The van der Waals surface area contributed by atoms with Crippen molar-refractivity contribution in [1.29, 1.82) is 0 Å². The normalized spacial score (nSPS) is 11.4. The van der Waals surface area contributed by atoms with Crippen molar-refractivity contribution in [2.75, 3.05) is 7.11 Å². The average molecular weight is 338 g/mol. The van der Waals surface area contributed by atoms with Crippen molar-refractivity contribution < 1.29 is 13.9 Å². The van der Waals surface area contributed by atoms with Gasteiger partial charge in [0.2, 0.25) is 5.89 Å². The van der Waals surface area contributed by atoms with E-state index in [9.17, 15) is 0 Å². The number of hydrogen-bond acceptors (Lipinski definition) is 5. The Kier molecular flexibility index (Phi) is 4.74. The van der Waals surface area contributed by atoms with Gasteiger partial charge in [-0.05, 0) is 35.2 Å². The second-order valence-corrected chi connectivity index (χ2v) is 6.80. The highest BCUT2D eigenvalue weighted by atomic mass is 16.5. The van der Waals surface area contributed by atoms with E-state index in [-0.39, 0.29) is 12.0 Å². The van der Waals surface area contributed by atoms with E-state index in [1.807, 2.05) is 36.4 Å². The van der Waals surface area contributed by atoms with Crippen LogP contribution in [0.5, 0.6) is 11.5 Å². The monoisotopic (exact) mass is 338 g/mol. The van der Waals surface area contributed by atoms with E-state index in [0.717, 1.165) is 11.3 Å². The zero-order valence-corrected chi connectivity index (χ0v) is 14.9. The summed E-state index contributed by atoms with van der Waals surface area (Å²) in [6.07, 6.45) is 0. The van der Waals surface area contributed by atoms with Crippen LogP contribution in [0.4, 0.5) is 0 Å². The molecule has 5 nitrogen and oxygen atoms in total. The molecule has 0 saturated carbocycles. The van der Waals surface area contributed by atoms with Crippen LogP contribution in [0, 0.1) is 0 Å². The van der Waals surface area contributed by atoms with Gasteiger partial charge in [0.1, 0.15) is 11.5 Å². The third kappa shape index (κ3) is 4.18. The van der Waals surface area contributed by atoms with Gasteiger partial charge in [-0.2, -0.15) is 0 Å². The first-order chi connectivity index (χ1) is 12.0. The summed E-state index contributed by atoms with van der Waals surface area (Å²) in [7, 11) is 1.62. The lowest BCUT2D eigenvalue weighted by molar-refractivity contribution is 0.263. The summed E-state index contributed by atoms with van der Waals surface area (Å²) in [5.74, 6) is 2.35. The van der Waals surface area contributed by atoms with E-state index in [1.54, 1.807) is 7.11 Å². The Morgan fingerprint density at radius 1 is 0.960 bits per heavy atom. The van der Waals surface area contributed by atoms with Crippen molar-refractivity contribution in [2.45, 2.75) is 32.8 Å². The molecule has 25 heavy (non-hydrogen) atoms. The third-order valence-corrected chi connectivity index (χ3v) is 3.87. The number of aromatic nitrogens is 2. The molecule has 0 bridgehead atoms. The molecule has 0 aliphatic carbocycles. The molecule has 0 amide bonds. The summed E-state index contributed by atoms with van der Waals surface area (Å²) in [5.41, 5.74) is 2.27. The van der Waals surface area contributed by atoms with Crippen LogP contribution in [0.2, 0.25) is 0 Å². The van der Waals surface area contributed by atoms with Crippen LogP contribution in [-0.4, -0.2) is 17.3 Å². The summed E-state index contributed by atoms with van der Waals surface area (Å²) in [4.78, 5) is 0. The molecule has 0 atom stereocenters. The molecule has 1 aromatic heterocycles. The molecule has 2 aromatic carbocycles. The van der Waals surface area contributed by atoms with Gasteiger partial charge in [0, 0.05) is 11.6 Å². The fraction of sp³-hybridized carbons (Fsp3) is 0.300. The highest BCUT2D eigenvalue weighted by Crippen LogP contribution is 2.26. The molecule has 0 spiro atoms. The van der Waals surface area contributed by atoms with E-state index in [4.69, 9.17) is 13.9 Å². The zero-order chi connectivity index (χ0) is 17.9. The third-order valence-electron chi connectivity index (χ3n) is 3.87. The molecular formula is C20H22N2O3. The second kappa shape index (κ2) is 6.97. The average Bonchev–Trinajstić information content (AvgIpc) is 3.08.